The third kappa shape index (κ3) is 3.84. The molecule has 0 saturated carbocycles. The molecule has 0 N–H and O–H groups in total. The van der Waals surface area contributed by atoms with E-state index in [1.54, 1.807) is 0 Å². The number of para-hydroxylation sites is 2. The van der Waals surface area contributed by atoms with Crippen molar-refractivity contribution in [2.45, 2.75) is 24.7 Å². The molecular formula is C46H32N2O. The molecule has 1 aliphatic heterocycles. The summed E-state index contributed by atoms with van der Waals surface area (Å²) < 4.78 is 6.85. The Morgan fingerprint density at radius 2 is 1.06 bits per heavy atom. The van der Waals surface area contributed by atoms with Crippen LogP contribution in [0.1, 0.15) is 47.2 Å². The molecule has 1 aliphatic carbocycles. The second-order valence-corrected chi connectivity index (χ2v) is 13.7. The molecule has 2 aliphatic rings. The first-order valence-corrected chi connectivity index (χ1v) is 16.9. The zero-order valence-electron chi connectivity index (χ0n) is 27.3. The van der Waals surface area contributed by atoms with E-state index < -0.39 is 5.41 Å². The molecule has 1 spiro atoms. The molecule has 7 aromatic carbocycles. The average molecular weight is 629 g/mol. The third-order valence-electron chi connectivity index (χ3n) is 10.8. The van der Waals surface area contributed by atoms with E-state index in [0.717, 1.165) is 50.3 Å². The van der Waals surface area contributed by atoms with Crippen molar-refractivity contribution < 1.29 is 4.74 Å². The van der Waals surface area contributed by atoms with E-state index in [1.807, 2.05) is 6.07 Å². The van der Waals surface area contributed by atoms with Crippen molar-refractivity contribution in [3.8, 4) is 34.1 Å². The number of hydrogen-bond acceptors (Lipinski definition) is 3. The van der Waals surface area contributed by atoms with Crippen LogP contribution in [0.15, 0.2) is 158 Å². The lowest BCUT2D eigenvalue weighted by Gasteiger charge is -2.50. The summed E-state index contributed by atoms with van der Waals surface area (Å²) in [5.41, 5.74) is 10.7. The fourth-order valence-corrected chi connectivity index (χ4v) is 8.61. The molecule has 0 bridgehead atoms. The van der Waals surface area contributed by atoms with E-state index in [4.69, 9.17) is 14.7 Å². The highest BCUT2D eigenvalue weighted by Gasteiger charge is 2.52. The number of nitrogens with zero attached hydrogens (tertiary/aromatic N) is 2. The Morgan fingerprint density at radius 3 is 1.84 bits per heavy atom. The molecule has 0 saturated heterocycles. The van der Waals surface area contributed by atoms with Crippen LogP contribution in [0.2, 0.25) is 0 Å². The normalized spacial score (nSPS) is 14.8. The zero-order valence-corrected chi connectivity index (χ0v) is 27.3. The van der Waals surface area contributed by atoms with Crippen LogP contribution < -0.4 is 4.74 Å². The molecule has 49 heavy (non-hydrogen) atoms. The third-order valence-corrected chi connectivity index (χ3v) is 10.8. The molecule has 232 valence electrons. The van der Waals surface area contributed by atoms with Crippen molar-refractivity contribution in [3.63, 3.8) is 0 Å². The van der Waals surface area contributed by atoms with Crippen molar-refractivity contribution in [3.05, 3.63) is 191 Å². The van der Waals surface area contributed by atoms with E-state index >= 15 is 0 Å². The number of fused-ring (bicyclic) bond motifs is 10. The van der Waals surface area contributed by atoms with Gasteiger partial charge in [0.1, 0.15) is 11.5 Å². The van der Waals surface area contributed by atoms with E-state index in [0.29, 0.717) is 5.82 Å². The van der Waals surface area contributed by atoms with Gasteiger partial charge in [0.25, 0.3) is 0 Å². The van der Waals surface area contributed by atoms with E-state index in [2.05, 4.69) is 166 Å². The van der Waals surface area contributed by atoms with Gasteiger partial charge in [-0.05, 0) is 51.2 Å². The van der Waals surface area contributed by atoms with E-state index in [-0.39, 0.29) is 5.41 Å². The van der Waals surface area contributed by atoms with Crippen molar-refractivity contribution in [1.29, 1.82) is 0 Å². The molecule has 2 heterocycles. The number of benzene rings is 7. The first-order chi connectivity index (χ1) is 24.0. The smallest absolute Gasteiger partial charge is 0.160 e. The maximum absolute atomic E-state index is 6.85. The quantitative estimate of drug-likeness (QED) is 0.191. The van der Waals surface area contributed by atoms with Gasteiger partial charge in [-0.25, -0.2) is 9.97 Å². The summed E-state index contributed by atoms with van der Waals surface area (Å²) in [5, 5.41) is 3.39. The van der Waals surface area contributed by atoms with Gasteiger partial charge < -0.3 is 4.74 Å². The standard InChI is InChI=1S/C46H32N2O/c1-45(2)34-19-6-8-21-36(34)46(37-22-9-7-20-35(37)45)38-23-10-12-25-41(38)49-42-28-30(26-27-39(42)46)44-47-40-24-11-5-17-33(40)43(48-44)32-18-13-15-29-14-3-4-16-31(29)32/h3-28H,1-2H3. The number of aromatic nitrogens is 2. The van der Waals surface area contributed by atoms with Gasteiger partial charge in [0.15, 0.2) is 5.82 Å². The van der Waals surface area contributed by atoms with Gasteiger partial charge in [-0.2, -0.15) is 0 Å². The topological polar surface area (TPSA) is 35.0 Å². The van der Waals surface area contributed by atoms with Crippen LogP contribution in [0.25, 0.3) is 44.3 Å². The molecule has 10 rings (SSSR count). The van der Waals surface area contributed by atoms with Gasteiger partial charge in [-0.1, -0.05) is 153 Å². The maximum Gasteiger partial charge on any atom is 0.160 e. The van der Waals surface area contributed by atoms with Gasteiger partial charge in [0, 0.05) is 33.1 Å². The number of ether oxygens (including phenoxy) is 1. The van der Waals surface area contributed by atoms with Gasteiger partial charge >= 0.3 is 0 Å². The van der Waals surface area contributed by atoms with Crippen molar-refractivity contribution in [2.75, 3.05) is 0 Å². The fraction of sp³-hybridized carbons (Fsp3) is 0.0870. The Bertz CT molecular complexity index is 2580. The van der Waals surface area contributed by atoms with Crippen molar-refractivity contribution in [1.82, 2.24) is 9.97 Å². The minimum absolute atomic E-state index is 0.164. The number of hydrogen-bond donors (Lipinski definition) is 0. The molecule has 3 nitrogen and oxygen atoms in total. The number of rotatable bonds is 2. The Hall–Kier alpha value is -6.06. The Kier molecular flexibility index (Phi) is 5.84. The largest absolute Gasteiger partial charge is 0.457 e. The molecule has 0 amide bonds. The van der Waals surface area contributed by atoms with Gasteiger partial charge in [0.05, 0.1) is 16.6 Å². The molecule has 0 fully saturated rings. The highest BCUT2D eigenvalue weighted by atomic mass is 16.5. The monoisotopic (exact) mass is 628 g/mol. The Balaban J connectivity index is 1.24. The molecule has 8 aromatic rings. The minimum Gasteiger partial charge on any atom is -0.457 e. The van der Waals surface area contributed by atoms with Gasteiger partial charge in [0.2, 0.25) is 0 Å². The minimum atomic E-state index is -0.552. The summed E-state index contributed by atoms with van der Waals surface area (Å²) >= 11 is 0. The molecule has 0 atom stereocenters. The second kappa shape index (κ2) is 10.2. The van der Waals surface area contributed by atoms with Crippen LogP contribution in [0.3, 0.4) is 0 Å². The van der Waals surface area contributed by atoms with Crippen LogP contribution in [0.4, 0.5) is 0 Å². The first-order valence-electron chi connectivity index (χ1n) is 16.9. The maximum atomic E-state index is 6.85. The van der Waals surface area contributed by atoms with Crippen LogP contribution >= 0.6 is 0 Å². The molecular weight excluding hydrogens is 597 g/mol. The summed E-state index contributed by atoms with van der Waals surface area (Å²) in [5.74, 6) is 2.36. The Labute approximate surface area is 285 Å². The molecule has 0 radical (unpaired) electrons. The summed E-state index contributed by atoms with van der Waals surface area (Å²) in [4.78, 5) is 10.4. The first kappa shape index (κ1) is 28.0. The van der Waals surface area contributed by atoms with Crippen molar-refractivity contribution in [2.24, 2.45) is 0 Å². The SMILES string of the molecule is CC1(C)c2ccccc2C2(c3ccccc3Oc3cc(-c4nc(-c5cccc6ccccc56)c5ccccc5n4)ccc32)c2ccccc21. The van der Waals surface area contributed by atoms with Gasteiger partial charge in [-0.15, -0.1) is 0 Å². The zero-order chi connectivity index (χ0) is 32.7. The summed E-state index contributed by atoms with van der Waals surface area (Å²) in [7, 11) is 0. The van der Waals surface area contributed by atoms with Crippen LogP contribution in [0.5, 0.6) is 11.5 Å². The molecule has 1 aromatic heterocycles. The average Bonchev–Trinajstić information content (AvgIpc) is 3.16. The summed E-state index contributed by atoms with van der Waals surface area (Å²) in [6.07, 6.45) is 0. The van der Waals surface area contributed by atoms with E-state index in [1.165, 1.54) is 33.0 Å². The van der Waals surface area contributed by atoms with Gasteiger partial charge in [-0.3, -0.25) is 0 Å². The second-order valence-electron chi connectivity index (χ2n) is 13.7. The highest BCUT2D eigenvalue weighted by Crippen LogP contribution is 2.61. The summed E-state index contributed by atoms with van der Waals surface area (Å²) in [6.45, 7) is 4.69. The summed E-state index contributed by atoms with van der Waals surface area (Å²) in [6, 6.07) is 56.3. The van der Waals surface area contributed by atoms with E-state index in [9.17, 15) is 0 Å². The van der Waals surface area contributed by atoms with Crippen LogP contribution in [-0.2, 0) is 10.8 Å². The molecule has 0 unspecified atom stereocenters. The lowest BCUT2D eigenvalue weighted by Crippen LogP contribution is -2.43. The predicted octanol–water partition coefficient (Wildman–Crippen LogP) is 11.2. The van der Waals surface area contributed by atoms with Crippen LogP contribution in [-0.4, -0.2) is 9.97 Å². The predicted molar refractivity (Wildman–Crippen MR) is 198 cm³/mol. The van der Waals surface area contributed by atoms with Crippen molar-refractivity contribution >= 4 is 21.7 Å². The highest BCUT2D eigenvalue weighted by molar-refractivity contribution is 6.03. The Morgan fingerprint density at radius 1 is 0.469 bits per heavy atom. The lowest BCUT2D eigenvalue weighted by molar-refractivity contribution is 0.425. The van der Waals surface area contributed by atoms with Crippen LogP contribution in [0, 0.1) is 0 Å². The molecule has 3 heteroatoms. The fourth-order valence-electron chi connectivity index (χ4n) is 8.61. The lowest BCUT2D eigenvalue weighted by atomic mass is 9.53.